The molecule has 8 nitrogen and oxygen atoms in total. The number of aromatic nitrogens is 1. The summed E-state index contributed by atoms with van der Waals surface area (Å²) in [6, 6.07) is 14.2. The molecule has 0 bridgehead atoms. The van der Waals surface area contributed by atoms with Crippen LogP contribution in [0, 0.1) is 11.3 Å². The van der Waals surface area contributed by atoms with Gasteiger partial charge in [0, 0.05) is 30.4 Å². The number of carbonyl (C=O) groups excluding carboxylic acids is 1. The van der Waals surface area contributed by atoms with E-state index in [4.69, 9.17) is 11.1 Å². The standard InChI is InChI=1S/C27H31N5O3/c1-4-17-5-8-21(20(11-17)15-31-24-10-7-19(14-30-24)25(28)29)22-9-6-18(12-23(22)27(34)35)26(33)32-13-16(2)3/h5-12,14,16H,4,13,15H2,1-3H3,(H3,28,29)(H,30,31)(H,32,33)(H,34,35). The number of amidine groups is 1. The lowest BCUT2D eigenvalue weighted by molar-refractivity contribution is 0.0697. The molecular formula is C27H31N5O3. The van der Waals surface area contributed by atoms with Crippen LogP contribution >= 0.6 is 0 Å². The maximum absolute atomic E-state index is 12.5. The van der Waals surface area contributed by atoms with Gasteiger partial charge in [0.25, 0.3) is 5.91 Å². The Morgan fingerprint density at radius 1 is 1.06 bits per heavy atom. The molecule has 0 unspecified atom stereocenters. The molecule has 0 saturated heterocycles. The van der Waals surface area contributed by atoms with E-state index in [-0.39, 0.29) is 23.2 Å². The lowest BCUT2D eigenvalue weighted by Gasteiger charge is -2.16. The minimum Gasteiger partial charge on any atom is -0.478 e. The number of rotatable bonds is 10. The average Bonchev–Trinajstić information content (AvgIpc) is 2.85. The molecule has 8 heteroatoms. The largest absolute Gasteiger partial charge is 0.478 e. The maximum atomic E-state index is 12.5. The summed E-state index contributed by atoms with van der Waals surface area (Å²) in [6.07, 6.45) is 2.36. The molecule has 1 amide bonds. The molecule has 1 heterocycles. The lowest BCUT2D eigenvalue weighted by Crippen LogP contribution is -2.27. The molecule has 6 N–H and O–H groups in total. The van der Waals surface area contributed by atoms with Crippen LogP contribution in [-0.4, -0.2) is 34.3 Å². The molecule has 1 aromatic heterocycles. The number of nitrogens with one attached hydrogen (secondary N) is 3. The van der Waals surface area contributed by atoms with Gasteiger partial charge in [0.05, 0.1) is 5.56 Å². The molecule has 0 aliphatic rings. The van der Waals surface area contributed by atoms with Crippen LogP contribution in [0.1, 0.15) is 58.2 Å². The third-order valence-electron chi connectivity index (χ3n) is 5.59. The molecule has 182 valence electrons. The first kappa shape index (κ1) is 25.4. The zero-order valence-corrected chi connectivity index (χ0v) is 20.2. The van der Waals surface area contributed by atoms with Crippen molar-refractivity contribution in [3.8, 4) is 11.1 Å². The first-order valence-corrected chi connectivity index (χ1v) is 11.5. The highest BCUT2D eigenvalue weighted by Gasteiger charge is 2.18. The summed E-state index contributed by atoms with van der Waals surface area (Å²) in [5.41, 5.74) is 9.73. The van der Waals surface area contributed by atoms with Crippen molar-refractivity contribution in [1.82, 2.24) is 10.3 Å². The molecule has 0 fully saturated rings. The Balaban J connectivity index is 1.95. The van der Waals surface area contributed by atoms with E-state index in [0.29, 0.717) is 35.6 Å². The number of pyridine rings is 1. The third kappa shape index (κ3) is 6.44. The maximum Gasteiger partial charge on any atom is 0.336 e. The van der Waals surface area contributed by atoms with Crippen LogP contribution in [0.4, 0.5) is 5.82 Å². The van der Waals surface area contributed by atoms with E-state index in [1.807, 2.05) is 32.0 Å². The highest BCUT2D eigenvalue weighted by atomic mass is 16.4. The minimum absolute atomic E-state index is 0.0514. The first-order chi connectivity index (χ1) is 16.7. The number of carbonyl (C=O) groups is 2. The normalized spacial score (nSPS) is 10.7. The second kappa shape index (κ2) is 11.3. The summed E-state index contributed by atoms with van der Waals surface area (Å²) < 4.78 is 0. The van der Waals surface area contributed by atoms with Crippen LogP contribution in [0.2, 0.25) is 0 Å². The number of nitrogen functional groups attached to an aromatic ring is 1. The van der Waals surface area contributed by atoms with Crippen LogP contribution in [0.25, 0.3) is 11.1 Å². The van der Waals surface area contributed by atoms with Gasteiger partial charge in [0.2, 0.25) is 0 Å². The second-order valence-corrected chi connectivity index (χ2v) is 8.71. The Morgan fingerprint density at radius 2 is 1.77 bits per heavy atom. The summed E-state index contributed by atoms with van der Waals surface area (Å²) in [4.78, 5) is 29.0. The van der Waals surface area contributed by atoms with Gasteiger partial charge in [0.15, 0.2) is 0 Å². The van der Waals surface area contributed by atoms with Crippen LogP contribution in [-0.2, 0) is 13.0 Å². The molecular weight excluding hydrogens is 442 g/mol. The number of aryl methyl sites for hydroxylation is 1. The monoisotopic (exact) mass is 473 g/mol. The number of nitrogens with zero attached hydrogens (tertiary/aromatic N) is 1. The van der Waals surface area contributed by atoms with Gasteiger partial charge in [-0.15, -0.1) is 0 Å². The fourth-order valence-corrected chi connectivity index (χ4v) is 3.62. The Kier molecular flexibility index (Phi) is 8.20. The van der Waals surface area contributed by atoms with Crippen molar-refractivity contribution in [1.29, 1.82) is 5.41 Å². The minimum atomic E-state index is -1.10. The van der Waals surface area contributed by atoms with E-state index in [2.05, 4.69) is 22.5 Å². The van der Waals surface area contributed by atoms with Crippen molar-refractivity contribution in [3.05, 3.63) is 82.5 Å². The zero-order valence-electron chi connectivity index (χ0n) is 20.2. The van der Waals surface area contributed by atoms with Crippen LogP contribution in [0.15, 0.2) is 54.7 Å². The molecule has 0 radical (unpaired) electrons. The molecule has 0 atom stereocenters. The van der Waals surface area contributed by atoms with Gasteiger partial charge >= 0.3 is 5.97 Å². The summed E-state index contributed by atoms with van der Waals surface area (Å²) >= 11 is 0. The smallest absolute Gasteiger partial charge is 0.336 e. The Hall–Kier alpha value is -4.20. The highest BCUT2D eigenvalue weighted by Crippen LogP contribution is 2.30. The lowest BCUT2D eigenvalue weighted by atomic mass is 9.92. The summed E-state index contributed by atoms with van der Waals surface area (Å²) in [6.45, 7) is 6.97. The van der Waals surface area contributed by atoms with Gasteiger partial charge in [-0.25, -0.2) is 9.78 Å². The number of hydrogen-bond acceptors (Lipinski definition) is 5. The van der Waals surface area contributed by atoms with E-state index < -0.39 is 5.97 Å². The molecule has 2 aromatic carbocycles. The number of carboxylic acids is 1. The molecule has 0 saturated carbocycles. The summed E-state index contributed by atoms with van der Waals surface area (Å²) in [5, 5.41) is 23.5. The predicted octanol–water partition coefficient (Wildman–Crippen LogP) is 4.29. The van der Waals surface area contributed by atoms with E-state index in [1.165, 1.54) is 12.3 Å². The van der Waals surface area contributed by atoms with Gasteiger partial charge in [-0.3, -0.25) is 10.2 Å². The number of anilines is 1. The second-order valence-electron chi connectivity index (χ2n) is 8.71. The van der Waals surface area contributed by atoms with Crippen molar-refractivity contribution in [2.24, 2.45) is 11.7 Å². The number of aromatic carboxylic acids is 1. The quantitative estimate of drug-likeness (QED) is 0.220. The van der Waals surface area contributed by atoms with Gasteiger partial charge in [-0.1, -0.05) is 45.0 Å². The number of nitrogens with two attached hydrogens (primary N) is 1. The highest BCUT2D eigenvalue weighted by molar-refractivity contribution is 6.02. The van der Waals surface area contributed by atoms with Gasteiger partial charge < -0.3 is 21.5 Å². The van der Waals surface area contributed by atoms with Crippen LogP contribution in [0.3, 0.4) is 0 Å². The van der Waals surface area contributed by atoms with Gasteiger partial charge in [0.1, 0.15) is 11.7 Å². The van der Waals surface area contributed by atoms with Crippen molar-refractivity contribution >= 4 is 23.5 Å². The summed E-state index contributed by atoms with van der Waals surface area (Å²) in [7, 11) is 0. The fraction of sp³-hybridized carbons (Fsp3) is 0.259. The summed E-state index contributed by atoms with van der Waals surface area (Å²) in [5.74, 6) is -0.546. The molecule has 0 aliphatic carbocycles. The molecule has 3 aromatic rings. The van der Waals surface area contributed by atoms with Crippen molar-refractivity contribution in [2.75, 3.05) is 11.9 Å². The number of carboxylic acid groups (broad SMARTS) is 1. The third-order valence-corrected chi connectivity index (χ3v) is 5.59. The zero-order chi connectivity index (χ0) is 25.5. The molecule has 0 aliphatic heterocycles. The fourth-order valence-electron chi connectivity index (χ4n) is 3.62. The average molecular weight is 474 g/mol. The Morgan fingerprint density at radius 3 is 2.37 bits per heavy atom. The topological polar surface area (TPSA) is 141 Å². The predicted molar refractivity (Wildman–Crippen MR) is 138 cm³/mol. The number of amides is 1. The van der Waals surface area contributed by atoms with Crippen molar-refractivity contribution in [2.45, 2.75) is 33.7 Å². The van der Waals surface area contributed by atoms with Crippen LogP contribution in [0.5, 0.6) is 0 Å². The number of benzene rings is 2. The Labute approximate surface area is 205 Å². The van der Waals surface area contributed by atoms with E-state index in [9.17, 15) is 14.7 Å². The van der Waals surface area contributed by atoms with E-state index in [1.54, 1.807) is 24.3 Å². The van der Waals surface area contributed by atoms with E-state index in [0.717, 1.165) is 23.1 Å². The van der Waals surface area contributed by atoms with Crippen molar-refractivity contribution < 1.29 is 14.7 Å². The molecule has 3 rings (SSSR count). The van der Waals surface area contributed by atoms with E-state index >= 15 is 0 Å². The molecule has 0 spiro atoms. The Bertz CT molecular complexity index is 1240. The van der Waals surface area contributed by atoms with Gasteiger partial charge in [-0.2, -0.15) is 0 Å². The van der Waals surface area contributed by atoms with Gasteiger partial charge in [-0.05, 0) is 58.9 Å². The van der Waals surface area contributed by atoms with Crippen LogP contribution < -0.4 is 16.4 Å². The molecule has 35 heavy (non-hydrogen) atoms. The number of hydrogen-bond donors (Lipinski definition) is 5. The SMILES string of the molecule is CCc1ccc(-c2ccc(C(=O)NCC(C)C)cc2C(=O)O)c(CNc2ccc(C(=N)N)cn2)c1. The first-order valence-electron chi connectivity index (χ1n) is 11.5. The van der Waals surface area contributed by atoms with Crippen molar-refractivity contribution in [3.63, 3.8) is 0 Å².